The highest BCUT2D eigenvalue weighted by molar-refractivity contribution is 9.10. The van der Waals surface area contributed by atoms with Gasteiger partial charge in [-0.25, -0.2) is 0 Å². The molecule has 0 fully saturated rings. The third-order valence-corrected chi connectivity index (χ3v) is 2.83. The molecule has 0 aliphatic heterocycles. The lowest BCUT2D eigenvalue weighted by Gasteiger charge is -2.06. The van der Waals surface area contributed by atoms with Crippen LogP contribution >= 0.6 is 15.9 Å². The van der Waals surface area contributed by atoms with Gasteiger partial charge in [0.2, 0.25) is 6.20 Å². The Labute approximate surface area is 109 Å². The highest BCUT2D eigenvalue weighted by Crippen LogP contribution is 2.24. The predicted octanol–water partition coefficient (Wildman–Crippen LogP) is 3.88. The van der Waals surface area contributed by atoms with E-state index >= 15 is 0 Å². The molecular weight excluding hydrogens is 286 g/mol. The Bertz CT molecular complexity index is 418. The Morgan fingerprint density at radius 3 is 2.94 bits per heavy atom. The zero-order chi connectivity index (χ0) is 12.7. The van der Waals surface area contributed by atoms with Gasteiger partial charge in [-0.15, -0.1) is 0 Å². The van der Waals surface area contributed by atoms with Gasteiger partial charge in [0.1, 0.15) is 5.75 Å². The Morgan fingerprint density at radius 2 is 2.29 bits per heavy atom. The fourth-order valence-corrected chi connectivity index (χ4v) is 1.59. The second kappa shape index (κ2) is 7.06. The van der Waals surface area contributed by atoms with Crippen molar-refractivity contribution < 1.29 is 9.66 Å². The average molecular weight is 300 g/mol. The van der Waals surface area contributed by atoms with E-state index in [-0.39, 0.29) is 0 Å². The number of rotatable bonds is 6. The van der Waals surface area contributed by atoms with Gasteiger partial charge in [0.25, 0.3) is 0 Å². The number of nitro groups is 1. The molecule has 0 radical (unpaired) electrons. The second-order valence-corrected chi connectivity index (χ2v) is 4.34. The van der Waals surface area contributed by atoms with Crippen molar-refractivity contribution in [3.8, 4) is 5.75 Å². The van der Waals surface area contributed by atoms with Crippen LogP contribution in [0.5, 0.6) is 5.75 Å². The van der Waals surface area contributed by atoms with Gasteiger partial charge in [0.05, 0.1) is 11.5 Å². The number of halogens is 1. The molecule has 1 aromatic rings. The van der Waals surface area contributed by atoms with Crippen LogP contribution in [-0.2, 0) is 0 Å². The van der Waals surface area contributed by atoms with E-state index in [9.17, 15) is 10.1 Å². The largest absolute Gasteiger partial charge is 0.494 e. The lowest BCUT2D eigenvalue weighted by molar-refractivity contribution is -0.400. The first kappa shape index (κ1) is 13.7. The highest BCUT2D eigenvalue weighted by atomic mass is 79.9. The fraction of sp³-hybridized carbons (Fsp3) is 0.333. The highest BCUT2D eigenvalue weighted by Gasteiger charge is 2.01. The van der Waals surface area contributed by atoms with E-state index in [0.29, 0.717) is 6.61 Å². The Morgan fingerprint density at radius 1 is 1.53 bits per heavy atom. The van der Waals surface area contributed by atoms with Gasteiger partial charge in [-0.1, -0.05) is 29.3 Å². The third-order valence-electron chi connectivity index (χ3n) is 2.11. The summed E-state index contributed by atoms with van der Waals surface area (Å²) in [6.07, 6.45) is 4.42. The van der Waals surface area contributed by atoms with Crippen LogP contribution in [0.1, 0.15) is 25.3 Å². The monoisotopic (exact) mass is 299 g/mol. The van der Waals surface area contributed by atoms with Crippen molar-refractivity contribution in [1.82, 2.24) is 0 Å². The van der Waals surface area contributed by atoms with Crippen LogP contribution in [0.4, 0.5) is 0 Å². The van der Waals surface area contributed by atoms with E-state index in [1.54, 1.807) is 6.07 Å². The summed E-state index contributed by atoms with van der Waals surface area (Å²) in [6, 6.07) is 5.43. The summed E-state index contributed by atoms with van der Waals surface area (Å²) < 4.78 is 6.33. The van der Waals surface area contributed by atoms with Crippen molar-refractivity contribution in [1.29, 1.82) is 0 Å². The zero-order valence-corrected chi connectivity index (χ0v) is 11.1. The van der Waals surface area contributed by atoms with E-state index in [1.807, 2.05) is 12.1 Å². The van der Waals surface area contributed by atoms with Gasteiger partial charge in [-0.05, 0) is 30.2 Å². The zero-order valence-electron chi connectivity index (χ0n) is 9.56. The molecule has 1 aromatic carbocycles. The van der Waals surface area contributed by atoms with Crippen molar-refractivity contribution in [2.24, 2.45) is 0 Å². The molecule has 17 heavy (non-hydrogen) atoms. The lowest BCUT2D eigenvalue weighted by atomic mass is 10.2. The minimum atomic E-state index is -0.489. The standard InChI is InChI=1S/C12H14BrNO3/c1-2-3-8-17-11-4-5-12(13)10(9-11)6-7-14(15)16/h4-7,9H,2-3,8H2,1H3/b7-6+. The minimum absolute atomic E-state index is 0.489. The van der Waals surface area contributed by atoms with E-state index in [1.165, 1.54) is 6.08 Å². The molecule has 0 N–H and O–H groups in total. The summed E-state index contributed by atoms with van der Waals surface area (Å²) in [4.78, 5) is 9.76. The van der Waals surface area contributed by atoms with Crippen LogP contribution in [-0.4, -0.2) is 11.5 Å². The normalized spacial score (nSPS) is 10.7. The Hall–Kier alpha value is -1.36. The molecule has 0 saturated carbocycles. The van der Waals surface area contributed by atoms with Gasteiger partial charge >= 0.3 is 0 Å². The molecule has 4 nitrogen and oxygen atoms in total. The first-order valence-corrected chi connectivity index (χ1v) is 6.17. The second-order valence-electron chi connectivity index (χ2n) is 3.49. The van der Waals surface area contributed by atoms with E-state index in [4.69, 9.17) is 4.74 Å². The number of benzene rings is 1. The molecular formula is C12H14BrNO3. The number of unbranched alkanes of at least 4 members (excludes halogenated alkanes) is 1. The van der Waals surface area contributed by atoms with Gasteiger partial charge < -0.3 is 4.74 Å². The number of hydrogen-bond acceptors (Lipinski definition) is 3. The Kier molecular flexibility index (Phi) is 5.69. The molecule has 0 atom stereocenters. The molecule has 0 aromatic heterocycles. The third kappa shape index (κ3) is 4.99. The number of hydrogen-bond donors (Lipinski definition) is 0. The quantitative estimate of drug-likeness (QED) is 0.455. The van der Waals surface area contributed by atoms with Crippen molar-refractivity contribution in [2.75, 3.05) is 6.61 Å². The molecule has 0 bridgehead atoms. The SMILES string of the molecule is CCCCOc1ccc(Br)c(/C=C/[N+](=O)[O-])c1. The maximum Gasteiger partial charge on any atom is 0.235 e. The maximum atomic E-state index is 10.3. The lowest BCUT2D eigenvalue weighted by Crippen LogP contribution is -1.96. The summed E-state index contributed by atoms with van der Waals surface area (Å²) in [5.41, 5.74) is 0.732. The van der Waals surface area contributed by atoms with E-state index < -0.39 is 4.92 Å². The van der Waals surface area contributed by atoms with Gasteiger partial charge in [-0.3, -0.25) is 10.1 Å². The van der Waals surface area contributed by atoms with Crippen LogP contribution < -0.4 is 4.74 Å². The van der Waals surface area contributed by atoms with Gasteiger partial charge in [-0.2, -0.15) is 0 Å². The summed E-state index contributed by atoms with van der Waals surface area (Å²) in [5.74, 6) is 0.727. The van der Waals surface area contributed by atoms with Crippen molar-refractivity contribution in [3.05, 3.63) is 44.5 Å². The van der Waals surface area contributed by atoms with Crippen molar-refractivity contribution in [2.45, 2.75) is 19.8 Å². The van der Waals surface area contributed by atoms with E-state index in [0.717, 1.165) is 34.8 Å². The molecule has 1 rings (SSSR count). The maximum absolute atomic E-state index is 10.3. The van der Waals surface area contributed by atoms with Gasteiger partial charge in [0, 0.05) is 10.5 Å². The smallest absolute Gasteiger partial charge is 0.235 e. The van der Waals surface area contributed by atoms with Crippen molar-refractivity contribution in [3.63, 3.8) is 0 Å². The molecule has 0 heterocycles. The van der Waals surface area contributed by atoms with Crippen LogP contribution in [0.15, 0.2) is 28.9 Å². The van der Waals surface area contributed by atoms with Crippen molar-refractivity contribution >= 4 is 22.0 Å². The molecule has 0 amide bonds. The first-order valence-electron chi connectivity index (χ1n) is 5.37. The summed E-state index contributed by atoms with van der Waals surface area (Å²) in [7, 11) is 0. The molecule has 92 valence electrons. The first-order chi connectivity index (χ1) is 8.13. The Balaban J connectivity index is 2.75. The number of ether oxygens (including phenoxy) is 1. The summed E-state index contributed by atoms with van der Waals surface area (Å²) in [6.45, 7) is 2.76. The van der Waals surface area contributed by atoms with Crippen LogP contribution in [0.2, 0.25) is 0 Å². The van der Waals surface area contributed by atoms with Crippen LogP contribution in [0, 0.1) is 10.1 Å². The predicted molar refractivity (Wildman–Crippen MR) is 70.6 cm³/mol. The molecule has 5 heteroatoms. The fourth-order valence-electron chi connectivity index (χ4n) is 1.21. The molecule has 0 aliphatic carbocycles. The summed E-state index contributed by atoms with van der Waals surface area (Å²) >= 11 is 3.33. The van der Waals surface area contributed by atoms with Gasteiger partial charge in [0.15, 0.2) is 0 Å². The molecule has 0 saturated heterocycles. The van der Waals surface area contributed by atoms with Crippen LogP contribution in [0.25, 0.3) is 6.08 Å². The molecule has 0 aliphatic rings. The minimum Gasteiger partial charge on any atom is -0.494 e. The van der Waals surface area contributed by atoms with E-state index in [2.05, 4.69) is 22.9 Å². The van der Waals surface area contributed by atoms with Crippen LogP contribution in [0.3, 0.4) is 0 Å². The topological polar surface area (TPSA) is 52.4 Å². The summed E-state index contributed by atoms with van der Waals surface area (Å²) in [5, 5.41) is 10.3. The molecule has 0 spiro atoms. The average Bonchev–Trinajstić information content (AvgIpc) is 2.29. The number of nitrogens with zero attached hydrogens (tertiary/aromatic N) is 1. The molecule has 0 unspecified atom stereocenters.